The van der Waals surface area contributed by atoms with Crippen LogP contribution >= 0.6 is 11.8 Å². The predicted octanol–water partition coefficient (Wildman–Crippen LogP) is 9.26. The molecule has 0 saturated carbocycles. The van der Waals surface area contributed by atoms with Crippen LogP contribution in [0, 0.1) is 0 Å². The molecule has 0 radical (unpaired) electrons. The van der Waals surface area contributed by atoms with Gasteiger partial charge in [-0.15, -0.1) is 0 Å². The van der Waals surface area contributed by atoms with Crippen LogP contribution in [0.25, 0.3) is 0 Å². The van der Waals surface area contributed by atoms with Crippen molar-refractivity contribution < 1.29 is 83.2 Å². The number of hydrogen-bond donors (Lipinski definition) is 1. The largest absolute Gasteiger partial charge is 0.438 e. The van der Waals surface area contributed by atoms with Gasteiger partial charge in [0.25, 0.3) is 0 Å². The van der Waals surface area contributed by atoms with Gasteiger partial charge in [-0.3, -0.25) is 4.55 Å². The predicted molar refractivity (Wildman–Crippen MR) is 121 cm³/mol. The van der Waals surface area contributed by atoms with Crippen LogP contribution in [0.15, 0.2) is 23.1 Å². The van der Waals surface area contributed by atoms with Gasteiger partial charge in [0.15, 0.2) is 0 Å². The molecule has 0 fully saturated rings. The van der Waals surface area contributed by atoms with Crippen molar-refractivity contribution >= 4 is 21.9 Å². The fourth-order valence-electron chi connectivity index (χ4n) is 3.05. The van der Waals surface area contributed by atoms with E-state index in [0.717, 1.165) is 0 Å². The lowest BCUT2D eigenvalue weighted by Crippen LogP contribution is -2.75. The molecule has 0 aliphatic heterocycles. The Balaban J connectivity index is 3.83. The molecule has 1 aromatic carbocycles. The van der Waals surface area contributed by atoms with Gasteiger partial charge in [0.1, 0.15) is 0 Å². The fraction of sp³-hybridized carbons (Fsp3) is 0.727. The maximum Gasteiger partial charge on any atom is 0.438 e. The number of thioether (sulfide) groups is 1. The number of rotatable bonds is 10. The lowest BCUT2D eigenvalue weighted by molar-refractivity contribution is -0.443. The molecule has 0 heterocycles. The lowest BCUT2D eigenvalue weighted by atomic mass is 9.81. The van der Waals surface area contributed by atoms with Gasteiger partial charge in [-0.25, -0.2) is 0 Å². The van der Waals surface area contributed by atoms with Crippen LogP contribution in [0.5, 0.6) is 0 Å². The Morgan fingerprint density at radius 2 is 0.791 bits per heavy atom. The van der Waals surface area contributed by atoms with Crippen LogP contribution < -0.4 is 0 Å². The topological polar surface area (TPSA) is 54.4 Å². The summed E-state index contributed by atoms with van der Waals surface area (Å²) < 4.78 is 252. The van der Waals surface area contributed by atoms with Gasteiger partial charge in [0.05, 0.1) is 0 Å². The summed E-state index contributed by atoms with van der Waals surface area (Å²) in [5.41, 5.74) is -1.78. The first-order valence-electron chi connectivity index (χ1n) is 11.1. The van der Waals surface area contributed by atoms with Crippen LogP contribution in [0.4, 0.5) is 70.2 Å². The Labute approximate surface area is 238 Å². The Kier molecular flexibility index (Phi) is 9.57. The molecular weight excluding hydrogens is 680 g/mol. The third kappa shape index (κ3) is 6.02. The van der Waals surface area contributed by atoms with Crippen LogP contribution in [0.3, 0.4) is 0 Å². The molecule has 0 aromatic heterocycles. The van der Waals surface area contributed by atoms with E-state index in [1.165, 1.54) is 47.6 Å². The summed E-state index contributed by atoms with van der Waals surface area (Å²) in [6.45, 7) is 8.80. The zero-order chi connectivity index (χ0) is 35.1. The molecule has 0 spiro atoms. The minimum Gasteiger partial charge on any atom is -0.281 e. The van der Waals surface area contributed by atoms with Crippen molar-refractivity contribution in [1.82, 2.24) is 0 Å². The maximum absolute atomic E-state index is 14.6. The van der Waals surface area contributed by atoms with Crippen LogP contribution in [-0.2, 0) is 20.9 Å². The average Bonchev–Trinajstić information content (AvgIpc) is 2.75. The van der Waals surface area contributed by atoms with Crippen LogP contribution in [0.1, 0.15) is 52.7 Å². The lowest BCUT2D eigenvalue weighted by Gasteiger charge is -2.43. The molecule has 3 nitrogen and oxygen atoms in total. The smallest absolute Gasteiger partial charge is 0.281 e. The summed E-state index contributed by atoms with van der Waals surface area (Å²) in [5, 5.41) is -14.4. The summed E-state index contributed by atoms with van der Waals surface area (Å²) in [6.07, 6.45) is 0. The molecule has 0 bridgehead atoms. The van der Waals surface area contributed by atoms with E-state index in [1.807, 2.05) is 0 Å². The van der Waals surface area contributed by atoms with Gasteiger partial charge in [0.2, 0.25) is 0 Å². The van der Waals surface area contributed by atoms with E-state index in [9.17, 15) is 78.7 Å². The summed E-state index contributed by atoms with van der Waals surface area (Å²) >= 11 is -1.62. The van der Waals surface area contributed by atoms with Crippen molar-refractivity contribution in [3.8, 4) is 0 Å². The van der Waals surface area contributed by atoms with Gasteiger partial charge in [-0.05, 0) is 45.9 Å². The summed E-state index contributed by atoms with van der Waals surface area (Å²) in [7, 11) is -7.90. The van der Waals surface area contributed by atoms with Crippen molar-refractivity contribution in [2.45, 2.75) is 103 Å². The van der Waals surface area contributed by atoms with Gasteiger partial charge >= 0.3 is 56.2 Å². The molecule has 252 valence electrons. The molecule has 0 aliphatic carbocycles. The normalized spacial score (nSPS) is 16.1. The number of halogens is 16. The van der Waals surface area contributed by atoms with Crippen LogP contribution in [-0.4, -0.2) is 59.0 Å². The SMILES string of the molecule is CC(C)(C)c1cc(SC(F)(F)C(F)(F)C(F)(F)C(F)(F)C(F)(F)C(F)(F)C(F)(F)C(F)(F)S(=O)(=O)O)cc(C(C)(C)C)c1. The molecule has 1 aromatic rings. The first kappa shape index (κ1) is 39.4. The molecule has 0 atom stereocenters. The van der Waals surface area contributed by atoms with Crippen molar-refractivity contribution in [1.29, 1.82) is 0 Å². The second-order valence-electron chi connectivity index (χ2n) is 11.3. The van der Waals surface area contributed by atoms with Gasteiger partial charge in [-0.2, -0.15) is 78.7 Å². The molecule has 0 saturated heterocycles. The fourth-order valence-corrected chi connectivity index (χ4v) is 4.43. The zero-order valence-electron chi connectivity index (χ0n) is 22.4. The van der Waals surface area contributed by atoms with E-state index < -0.39 is 83.6 Å². The first-order valence-corrected chi connectivity index (χ1v) is 13.4. The molecule has 0 unspecified atom stereocenters. The second-order valence-corrected chi connectivity index (χ2v) is 14.0. The Morgan fingerprint density at radius 3 is 1.07 bits per heavy atom. The van der Waals surface area contributed by atoms with Gasteiger partial charge in [0, 0.05) is 4.90 Å². The maximum atomic E-state index is 14.6. The highest BCUT2D eigenvalue weighted by atomic mass is 32.2. The number of alkyl halides is 16. The van der Waals surface area contributed by atoms with E-state index in [1.54, 1.807) is 0 Å². The van der Waals surface area contributed by atoms with Crippen molar-refractivity contribution in [3.63, 3.8) is 0 Å². The van der Waals surface area contributed by atoms with E-state index in [-0.39, 0.29) is 11.1 Å². The van der Waals surface area contributed by atoms with E-state index >= 15 is 0 Å². The number of hydrogen-bond acceptors (Lipinski definition) is 3. The van der Waals surface area contributed by atoms with E-state index in [0.29, 0.717) is 12.1 Å². The molecule has 0 amide bonds. The van der Waals surface area contributed by atoms with E-state index in [2.05, 4.69) is 0 Å². The zero-order valence-corrected chi connectivity index (χ0v) is 24.0. The molecule has 0 aliphatic rings. The Hall–Kier alpha value is -1.64. The quantitative estimate of drug-likeness (QED) is 0.150. The molecular formula is C22H22F16O3S2. The minimum atomic E-state index is -8.81. The summed E-state index contributed by atoms with van der Waals surface area (Å²) in [6, 6.07) is 2.76. The summed E-state index contributed by atoms with van der Waals surface area (Å²) in [4.78, 5) is -1.06. The van der Waals surface area contributed by atoms with Gasteiger partial charge < -0.3 is 0 Å². The second kappa shape index (κ2) is 10.4. The van der Waals surface area contributed by atoms with Gasteiger partial charge in [-0.1, -0.05) is 47.6 Å². The third-order valence-corrected chi connectivity index (χ3v) is 7.80. The standard InChI is InChI=1S/C22H22F16O3S2/c1-13(2,3)10-7-11(14(4,5)6)9-12(8-10)42-21(35,36)19(31,32)17(27,28)15(23,24)16(25,26)18(29,30)20(33,34)22(37,38)43(39,40)41/h7-9H,1-6H3,(H,39,40,41). The highest BCUT2D eigenvalue weighted by Gasteiger charge is 2.96. The monoisotopic (exact) mass is 702 g/mol. The van der Waals surface area contributed by atoms with Crippen molar-refractivity contribution in [3.05, 3.63) is 29.3 Å². The first-order chi connectivity index (χ1) is 18.3. The number of benzene rings is 1. The van der Waals surface area contributed by atoms with E-state index in [4.69, 9.17) is 4.55 Å². The molecule has 43 heavy (non-hydrogen) atoms. The highest BCUT2D eigenvalue weighted by Crippen LogP contribution is 2.65. The highest BCUT2D eigenvalue weighted by molar-refractivity contribution is 8.00. The average molecular weight is 703 g/mol. The van der Waals surface area contributed by atoms with Crippen LogP contribution in [0.2, 0.25) is 0 Å². The molecule has 1 N–H and O–H groups in total. The Bertz CT molecular complexity index is 1280. The minimum absolute atomic E-state index is 0.0757. The molecule has 1 rings (SSSR count). The van der Waals surface area contributed by atoms with Crippen molar-refractivity contribution in [2.24, 2.45) is 0 Å². The molecule has 21 heteroatoms. The third-order valence-electron chi connectivity index (χ3n) is 5.91. The summed E-state index contributed by atoms with van der Waals surface area (Å²) in [5.74, 6) is -50.9. The van der Waals surface area contributed by atoms with Crippen molar-refractivity contribution in [2.75, 3.05) is 0 Å². The Morgan fingerprint density at radius 1 is 0.512 bits per heavy atom.